The number of nitrogen functional groups attached to an aromatic ring is 1. The second-order valence-corrected chi connectivity index (χ2v) is 6.73. The predicted molar refractivity (Wildman–Crippen MR) is 99.0 cm³/mol. The van der Waals surface area contributed by atoms with E-state index in [-0.39, 0.29) is 5.57 Å². The van der Waals surface area contributed by atoms with Gasteiger partial charge in [0.05, 0.1) is 17.0 Å². The highest BCUT2D eigenvalue weighted by Crippen LogP contribution is 2.47. The van der Waals surface area contributed by atoms with Crippen molar-refractivity contribution in [2.75, 3.05) is 5.73 Å². The summed E-state index contributed by atoms with van der Waals surface area (Å²) < 4.78 is 0. The van der Waals surface area contributed by atoms with Crippen LogP contribution in [-0.2, 0) is 4.79 Å². The molecule has 0 radical (unpaired) electrons. The highest BCUT2D eigenvalue weighted by molar-refractivity contribution is 5.94. The van der Waals surface area contributed by atoms with Gasteiger partial charge in [-0.3, -0.25) is 0 Å². The van der Waals surface area contributed by atoms with Gasteiger partial charge in [0.1, 0.15) is 0 Å². The van der Waals surface area contributed by atoms with Crippen LogP contribution < -0.4 is 5.73 Å². The standard InChI is InChI=1S/C21H20N2O2/c1-12-17(14-5-7-16(22)8-6-14)9-10-23-13(2)18(21(24)25)11-19(20(12)23)15-3-4-15/h5-11,15H,2-4,22H2,1H3,(H,24,25). The molecule has 126 valence electrons. The summed E-state index contributed by atoms with van der Waals surface area (Å²) in [7, 11) is 0. The molecular formula is C21H20N2O2. The van der Waals surface area contributed by atoms with Crippen LogP contribution in [0.3, 0.4) is 0 Å². The first-order valence-corrected chi connectivity index (χ1v) is 8.40. The van der Waals surface area contributed by atoms with Crippen LogP contribution in [0.5, 0.6) is 0 Å². The number of hydrogen-bond acceptors (Lipinski definition) is 3. The molecule has 1 aromatic rings. The van der Waals surface area contributed by atoms with Crippen LogP contribution in [0.1, 0.15) is 25.3 Å². The molecule has 3 N–H and O–H groups in total. The molecule has 2 aliphatic heterocycles. The molecule has 25 heavy (non-hydrogen) atoms. The summed E-state index contributed by atoms with van der Waals surface area (Å²) in [6.45, 7) is 6.10. The van der Waals surface area contributed by atoms with Crippen LogP contribution in [0.4, 0.5) is 5.69 Å². The van der Waals surface area contributed by atoms with Crippen molar-refractivity contribution in [3.05, 3.63) is 82.9 Å². The lowest BCUT2D eigenvalue weighted by atomic mass is 9.88. The van der Waals surface area contributed by atoms with Gasteiger partial charge in [0.25, 0.3) is 0 Å². The zero-order valence-corrected chi connectivity index (χ0v) is 14.1. The molecule has 4 nitrogen and oxygen atoms in total. The molecule has 0 spiro atoms. The summed E-state index contributed by atoms with van der Waals surface area (Å²) >= 11 is 0. The normalized spacial score (nSPS) is 20.0. The van der Waals surface area contributed by atoms with Crippen molar-refractivity contribution in [3.8, 4) is 0 Å². The molecule has 0 atom stereocenters. The lowest BCUT2D eigenvalue weighted by Crippen LogP contribution is -2.28. The molecule has 1 aromatic carbocycles. The molecule has 0 bridgehead atoms. The maximum absolute atomic E-state index is 11.6. The Hall–Kier alpha value is -3.01. The lowest BCUT2D eigenvalue weighted by molar-refractivity contribution is -0.132. The van der Waals surface area contributed by atoms with E-state index in [2.05, 4.69) is 13.5 Å². The molecule has 1 aliphatic carbocycles. The van der Waals surface area contributed by atoms with Gasteiger partial charge in [-0.25, -0.2) is 4.79 Å². The Morgan fingerprint density at radius 3 is 2.56 bits per heavy atom. The van der Waals surface area contributed by atoms with Gasteiger partial charge in [0.15, 0.2) is 0 Å². The van der Waals surface area contributed by atoms with Crippen LogP contribution in [0.2, 0.25) is 0 Å². The SMILES string of the molecule is C=C1C(C(=O)O)=CC(C2CC2)=C2C(C)=C(c3ccc(N)cc3)C=CN12. The van der Waals surface area contributed by atoms with Gasteiger partial charge < -0.3 is 15.7 Å². The summed E-state index contributed by atoms with van der Waals surface area (Å²) in [6, 6.07) is 7.83. The molecule has 0 aromatic heterocycles. The first-order valence-electron chi connectivity index (χ1n) is 8.40. The third-order valence-corrected chi connectivity index (χ3v) is 5.03. The summed E-state index contributed by atoms with van der Waals surface area (Å²) in [5.74, 6) is -0.490. The van der Waals surface area contributed by atoms with E-state index in [4.69, 9.17) is 5.73 Å². The van der Waals surface area contributed by atoms with E-state index in [0.29, 0.717) is 11.6 Å². The molecule has 3 aliphatic rings. The van der Waals surface area contributed by atoms with E-state index < -0.39 is 5.97 Å². The van der Waals surface area contributed by atoms with E-state index in [1.165, 1.54) is 0 Å². The number of carboxylic acids is 1. The van der Waals surface area contributed by atoms with Crippen molar-refractivity contribution in [2.45, 2.75) is 19.8 Å². The summed E-state index contributed by atoms with van der Waals surface area (Å²) in [5, 5.41) is 9.51. The fourth-order valence-corrected chi connectivity index (χ4v) is 3.54. The first kappa shape index (κ1) is 15.5. The highest BCUT2D eigenvalue weighted by atomic mass is 16.4. The molecular weight excluding hydrogens is 312 g/mol. The number of nitrogens with two attached hydrogens (primary N) is 1. The minimum Gasteiger partial charge on any atom is -0.478 e. The van der Waals surface area contributed by atoms with Gasteiger partial charge in [0, 0.05) is 11.9 Å². The van der Waals surface area contributed by atoms with Gasteiger partial charge in [-0.2, -0.15) is 0 Å². The Kier molecular flexibility index (Phi) is 3.42. The number of anilines is 1. The average molecular weight is 332 g/mol. The molecule has 1 saturated carbocycles. The Morgan fingerprint density at radius 1 is 1.28 bits per heavy atom. The van der Waals surface area contributed by atoms with Crippen molar-refractivity contribution in [1.29, 1.82) is 0 Å². The number of carboxylic acid groups (broad SMARTS) is 1. The van der Waals surface area contributed by atoms with Crippen molar-refractivity contribution < 1.29 is 9.90 Å². The Bertz CT molecular complexity index is 910. The van der Waals surface area contributed by atoms with Crippen molar-refractivity contribution in [2.24, 2.45) is 5.92 Å². The monoisotopic (exact) mass is 332 g/mol. The van der Waals surface area contributed by atoms with Crippen LogP contribution in [0, 0.1) is 5.92 Å². The minimum absolute atomic E-state index is 0.277. The maximum Gasteiger partial charge on any atom is 0.337 e. The smallest absolute Gasteiger partial charge is 0.337 e. The van der Waals surface area contributed by atoms with Gasteiger partial charge in [0.2, 0.25) is 0 Å². The van der Waals surface area contributed by atoms with E-state index in [9.17, 15) is 9.90 Å². The second-order valence-electron chi connectivity index (χ2n) is 6.73. The second kappa shape index (κ2) is 5.52. The van der Waals surface area contributed by atoms with Gasteiger partial charge in [-0.05, 0) is 72.3 Å². The quantitative estimate of drug-likeness (QED) is 0.819. The van der Waals surface area contributed by atoms with E-state index in [1.54, 1.807) is 0 Å². The molecule has 0 saturated heterocycles. The van der Waals surface area contributed by atoms with Gasteiger partial charge in [-0.15, -0.1) is 0 Å². The molecule has 0 unspecified atom stereocenters. The Balaban J connectivity index is 1.90. The molecule has 1 fully saturated rings. The molecule has 4 rings (SSSR count). The van der Waals surface area contributed by atoms with E-state index >= 15 is 0 Å². The number of allylic oxidation sites excluding steroid dienone is 5. The molecule has 4 heteroatoms. The number of aliphatic carboxylic acids is 1. The lowest BCUT2D eigenvalue weighted by Gasteiger charge is -2.36. The zero-order valence-electron chi connectivity index (χ0n) is 14.1. The number of nitrogens with zero attached hydrogens (tertiary/aromatic N) is 1. The van der Waals surface area contributed by atoms with Crippen LogP contribution in [0.15, 0.2) is 77.3 Å². The van der Waals surface area contributed by atoms with Gasteiger partial charge in [-0.1, -0.05) is 18.7 Å². The van der Waals surface area contributed by atoms with E-state index in [0.717, 1.165) is 46.5 Å². The average Bonchev–Trinajstić information content (AvgIpc) is 3.41. The zero-order chi connectivity index (χ0) is 17.7. The number of benzene rings is 1. The maximum atomic E-state index is 11.6. The third-order valence-electron chi connectivity index (χ3n) is 5.03. The summed E-state index contributed by atoms with van der Waals surface area (Å²) in [5.41, 5.74) is 12.9. The number of carbonyl (C=O) groups is 1. The van der Waals surface area contributed by atoms with Crippen molar-refractivity contribution >= 4 is 17.2 Å². The molecule has 0 amide bonds. The number of rotatable bonds is 3. The number of hydrogen-bond donors (Lipinski definition) is 2. The topological polar surface area (TPSA) is 66.6 Å². The Labute approximate surface area is 146 Å². The number of fused-ring (bicyclic) bond motifs is 1. The van der Waals surface area contributed by atoms with Crippen molar-refractivity contribution in [3.63, 3.8) is 0 Å². The highest BCUT2D eigenvalue weighted by Gasteiger charge is 2.36. The van der Waals surface area contributed by atoms with Crippen LogP contribution in [0.25, 0.3) is 5.57 Å². The first-order chi connectivity index (χ1) is 12.0. The van der Waals surface area contributed by atoms with E-state index in [1.807, 2.05) is 47.5 Å². The largest absolute Gasteiger partial charge is 0.478 e. The fourth-order valence-electron chi connectivity index (χ4n) is 3.54. The third kappa shape index (κ3) is 2.50. The summed E-state index contributed by atoms with van der Waals surface area (Å²) in [4.78, 5) is 13.5. The predicted octanol–water partition coefficient (Wildman–Crippen LogP) is 4.07. The van der Waals surface area contributed by atoms with Gasteiger partial charge >= 0.3 is 5.97 Å². The van der Waals surface area contributed by atoms with Crippen LogP contribution in [-0.4, -0.2) is 16.0 Å². The van der Waals surface area contributed by atoms with Crippen molar-refractivity contribution in [1.82, 2.24) is 4.90 Å². The molecule has 2 heterocycles. The minimum atomic E-state index is -0.929. The van der Waals surface area contributed by atoms with Crippen LogP contribution >= 0.6 is 0 Å². The summed E-state index contributed by atoms with van der Waals surface area (Å²) in [6.07, 6.45) is 7.98. The Morgan fingerprint density at radius 2 is 1.96 bits per heavy atom. The fraction of sp³-hybridized carbons (Fsp3) is 0.190.